The van der Waals surface area contributed by atoms with E-state index in [0.29, 0.717) is 18.5 Å². The maximum Gasteiger partial charge on any atom is 0.321 e. The number of rotatable bonds is 5. The second kappa shape index (κ2) is 8.24. The third-order valence-corrected chi connectivity index (χ3v) is 8.30. The quantitative estimate of drug-likeness (QED) is 0.743. The Bertz CT molecular complexity index is 735. The minimum atomic E-state index is -0.0677. The number of anilines is 1. The average Bonchev–Trinajstić information content (AvgIpc) is 2.73. The first-order chi connectivity index (χ1) is 14.6. The summed E-state index contributed by atoms with van der Waals surface area (Å²) >= 11 is 0. The molecule has 1 aliphatic heterocycles. The molecular weight excluding hydrogens is 374 g/mol. The van der Waals surface area contributed by atoms with Crippen LogP contribution in [-0.4, -0.2) is 36.5 Å². The van der Waals surface area contributed by atoms with Crippen LogP contribution in [0, 0.1) is 29.1 Å². The van der Waals surface area contributed by atoms with E-state index in [2.05, 4.69) is 10.6 Å². The first-order valence-corrected chi connectivity index (χ1v) is 12.0. The molecule has 6 rings (SSSR count). The van der Waals surface area contributed by atoms with Gasteiger partial charge in [-0.3, -0.25) is 4.79 Å². The second-order valence-electron chi connectivity index (χ2n) is 10.5. The summed E-state index contributed by atoms with van der Waals surface area (Å²) in [6.45, 7) is 2.12. The van der Waals surface area contributed by atoms with Crippen LogP contribution in [0.15, 0.2) is 30.3 Å². The largest absolute Gasteiger partial charge is 0.356 e. The van der Waals surface area contributed by atoms with E-state index in [1.165, 1.54) is 44.9 Å². The van der Waals surface area contributed by atoms with Gasteiger partial charge < -0.3 is 15.5 Å². The van der Waals surface area contributed by atoms with Crippen molar-refractivity contribution in [2.75, 3.05) is 25.0 Å². The first-order valence-electron chi connectivity index (χ1n) is 12.0. The van der Waals surface area contributed by atoms with Crippen molar-refractivity contribution >= 4 is 17.6 Å². The molecule has 1 heterocycles. The van der Waals surface area contributed by atoms with E-state index in [1.54, 1.807) is 0 Å². The van der Waals surface area contributed by atoms with E-state index in [0.717, 1.165) is 42.8 Å². The monoisotopic (exact) mass is 409 g/mol. The summed E-state index contributed by atoms with van der Waals surface area (Å²) in [6, 6.07) is 9.47. The highest BCUT2D eigenvalue weighted by Crippen LogP contribution is 2.61. The van der Waals surface area contributed by atoms with Gasteiger partial charge in [0.2, 0.25) is 5.91 Å². The van der Waals surface area contributed by atoms with E-state index in [4.69, 9.17) is 0 Å². The normalized spacial score (nSPS) is 32.8. The number of hydrogen-bond acceptors (Lipinski definition) is 2. The highest BCUT2D eigenvalue weighted by atomic mass is 16.2. The molecule has 0 unspecified atom stereocenters. The maximum absolute atomic E-state index is 12.7. The van der Waals surface area contributed by atoms with Crippen LogP contribution in [0.3, 0.4) is 0 Å². The number of carbonyl (C=O) groups excluding carboxylic acids is 2. The number of carbonyl (C=O) groups is 2. The van der Waals surface area contributed by atoms with Gasteiger partial charge in [-0.15, -0.1) is 0 Å². The van der Waals surface area contributed by atoms with Crippen molar-refractivity contribution in [3.63, 3.8) is 0 Å². The van der Waals surface area contributed by atoms with Crippen LogP contribution in [0.1, 0.15) is 57.8 Å². The molecule has 1 aromatic carbocycles. The molecule has 30 heavy (non-hydrogen) atoms. The zero-order valence-corrected chi connectivity index (χ0v) is 17.9. The van der Waals surface area contributed by atoms with Crippen LogP contribution in [0.5, 0.6) is 0 Å². The Morgan fingerprint density at radius 3 is 2.13 bits per heavy atom. The zero-order chi connectivity index (χ0) is 20.6. The van der Waals surface area contributed by atoms with Gasteiger partial charge in [-0.2, -0.15) is 0 Å². The number of amides is 3. The predicted molar refractivity (Wildman–Crippen MR) is 118 cm³/mol. The molecule has 4 saturated carbocycles. The SMILES string of the molecule is O=C(NCCC12CC3CC(CC(C3)C1)C2)C1CCN(C(=O)Nc2ccccc2)CC1. The van der Waals surface area contributed by atoms with Crippen molar-refractivity contribution in [3.8, 4) is 0 Å². The average molecular weight is 410 g/mol. The molecule has 2 N–H and O–H groups in total. The molecule has 4 bridgehead atoms. The number of piperidine rings is 1. The Labute approximate surface area is 180 Å². The minimum Gasteiger partial charge on any atom is -0.356 e. The molecule has 5 nitrogen and oxygen atoms in total. The first kappa shape index (κ1) is 19.9. The Balaban J connectivity index is 1.05. The van der Waals surface area contributed by atoms with Gasteiger partial charge in [-0.05, 0) is 93.1 Å². The van der Waals surface area contributed by atoms with E-state index < -0.39 is 0 Å². The smallest absolute Gasteiger partial charge is 0.321 e. The number of nitrogens with zero attached hydrogens (tertiary/aromatic N) is 1. The zero-order valence-electron chi connectivity index (χ0n) is 17.9. The lowest BCUT2D eigenvalue weighted by molar-refractivity contribution is -0.126. The summed E-state index contributed by atoms with van der Waals surface area (Å²) in [5, 5.41) is 6.19. The summed E-state index contributed by atoms with van der Waals surface area (Å²) in [4.78, 5) is 27.0. The standard InChI is InChI=1S/C25H35N3O2/c29-23(26-9-8-25-15-18-12-19(16-25)14-20(13-18)17-25)21-6-10-28(11-7-21)24(30)27-22-4-2-1-3-5-22/h1-5,18-21H,6-17H2,(H,26,29)(H,27,30). The maximum atomic E-state index is 12.7. The lowest BCUT2D eigenvalue weighted by atomic mass is 9.49. The number of benzene rings is 1. The fourth-order valence-corrected chi connectivity index (χ4v) is 7.26. The van der Waals surface area contributed by atoms with Crippen molar-refractivity contribution in [3.05, 3.63) is 30.3 Å². The second-order valence-corrected chi connectivity index (χ2v) is 10.5. The molecule has 4 aliphatic carbocycles. The summed E-state index contributed by atoms with van der Waals surface area (Å²) < 4.78 is 0. The molecule has 3 amide bonds. The van der Waals surface area contributed by atoms with E-state index in [1.807, 2.05) is 35.2 Å². The molecule has 1 saturated heterocycles. The molecule has 0 radical (unpaired) electrons. The number of hydrogen-bond donors (Lipinski definition) is 2. The van der Waals surface area contributed by atoms with Gasteiger partial charge in [0.15, 0.2) is 0 Å². The molecule has 5 fully saturated rings. The molecule has 162 valence electrons. The number of nitrogens with one attached hydrogen (secondary N) is 2. The predicted octanol–water partition coefficient (Wildman–Crippen LogP) is 4.65. The van der Waals surface area contributed by atoms with Crippen molar-refractivity contribution in [2.45, 2.75) is 57.8 Å². The number of urea groups is 1. The third kappa shape index (κ3) is 4.21. The summed E-state index contributed by atoms with van der Waals surface area (Å²) in [6.07, 6.45) is 11.3. The highest BCUT2D eigenvalue weighted by molar-refractivity contribution is 5.89. The Kier molecular flexibility index (Phi) is 5.46. The van der Waals surface area contributed by atoms with Crippen LogP contribution >= 0.6 is 0 Å². The highest BCUT2D eigenvalue weighted by Gasteiger charge is 2.50. The van der Waals surface area contributed by atoms with Crippen LogP contribution in [-0.2, 0) is 4.79 Å². The molecule has 0 atom stereocenters. The lowest BCUT2D eigenvalue weighted by Gasteiger charge is -2.57. The van der Waals surface area contributed by atoms with Gasteiger partial charge in [0.05, 0.1) is 0 Å². The van der Waals surface area contributed by atoms with Gasteiger partial charge in [0, 0.05) is 31.2 Å². The Hall–Kier alpha value is -2.04. The lowest BCUT2D eigenvalue weighted by Crippen LogP contribution is -2.48. The van der Waals surface area contributed by atoms with Crippen LogP contribution in [0.4, 0.5) is 10.5 Å². The molecule has 1 aromatic rings. The molecule has 0 aromatic heterocycles. The van der Waals surface area contributed by atoms with Gasteiger partial charge in [0.1, 0.15) is 0 Å². The van der Waals surface area contributed by atoms with Gasteiger partial charge in [-0.1, -0.05) is 18.2 Å². The van der Waals surface area contributed by atoms with Gasteiger partial charge in [-0.25, -0.2) is 4.79 Å². The van der Waals surface area contributed by atoms with Gasteiger partial charge >= 0.3 is 6.03 Å². The van der Waals surface area contributed by atoms with Crippen molar-refractivity contribution in [1.29, 1.82) is 0 Å². The Morgan fingerprint density at radius 2 is 1.53 bits per heavy atom. The number of likely N-dealkylation sites (tertiary alicyclic amines) is 1. The molecular formula is C25H35N3O2. The van der Waals surface area contributed by atoms with E-state index in [-0.39, 0.29) is 17.9 Å². The summed E-state index contributed by atoms with van der Waals surface area (Å²) in [5.74, 6) is 3.15. The molecule has 5 heteroatoms. The van der Waals surface area contributed by atoms with Crippen LogP contribution in [0.2, 0.25) is 0 Å². The van der Waals surface area contributed by atoms with Crippen molar-refractivity contribution in [1.82, 2.24) is 10.2 Å². The van der Waals surface area contributed by atoms with E-state index in [9.17, 15) is 9.59 Å². The fourth-order valence-electron chi connectivity index (χ4n) is 7.26. The minimum absolute atomic E-state index is 0.0436. The van der Waals surface area contributed by atoms with Gasteiger partial charge in [0.25, 0.3) is 0 Å². The fraction of sp³-hybridized carbons (Fsp3) is 0.680. The number of para-hydroxylation sites is 1. The van der Waals surface area contributed by atoms with Crippen LogP contribution in [0.25, 0.3) is 0 Å². The van der Waals surface area contributed by atoms with Crippen molar-refractivity contribution in [2.24, 2.45) is 29.1 Å². The molecule has 5 aliphatic rings. The third-order valence-electron chi connectivity index (χ3n) is 8.30. The topological polar surface area (TPSA) is 61.4 Å². The Morgan fingerprint density at radius 1 is 0.933 bits per heavy atom. The summed E-state index contributed by atoms with van der Waals surface area (Å²) in [5.41, 5.74) is 1.34. The molecule has 0 spiro atoms. The van der Waals surface area contributed by atoms with Crippen LogP contribution < -0.4 is 10.6 Å². The van der Waals surface area contributed by atoms with E-state index >= 15 is 0 Å². The van der Waals surface area contributed by atoms with Crippen molar-refractivity contribution < 1.29 is 9.59 Å². The summed E-state index contributed by atoms with van der Waals surface area (Å²) in [7, 11) is 0.